The van der Waals surface area contributed by atoms with Crippen LogP contribution in [-0.2, 0) is 0 Å². The number of benzene rings is 1. The van der Waals surface area contributed by atoms with Crippen molar-refractivity contribution >= 4 is 33.4 Å². The summed E-state index contributed by atoms with van der Waals surface area (Å²) >= 11 is 5.82. The maximum Gasteiger partial charge on any atom is 0.288 e. The molecule has 2 aromatic heterocycles. The van der Waals surface area contributed by atoms with Gasteiger partial charge in [0, 0.05) is 10.4 Å². The van der Waals surface area contributed by atoms with E-state index in [2.05, 4.69) is 15.2 Å². The van der Waals surface area contributed by atoms with Gasteiger partial charge in [0.2, 0.25) is 11.3 Å². The Bertz CT molecular complexity index is 898. The lowest BCUT2D eigenvalue weighted by atomic mass is 10.1. The number of pyridine rings is 1. The Labute approximate surface area is 104 Å². The van der Waals surface area contributed by atoms with Crippen LogP contribution in [0, 0.1) is 0 Å². The van der Waals surface area contributed by atoms with E-state index in [9.17, 15) is 14.7 Å². The lowest BCUT2D eigenvalue weighted by molar-refractivity contribution is 0.451. The molecule has 3 N–H and O–H groups in total. The molecule has 0 fully saturated rings. The first-order valence-corrected chi connectivity index (χ1v) is 5.38. The highest BCUT2D eigenvalue weighted by Crippen LogP contribution is 2.19. The van der Waals surface area contributed by atoms with Gasteiger partial charge in [-0.2, -0.15) is 0 Å². The Balaban J connectivity index is 2.70. The summed E-state index contributed by atoms with van der Waals surface area (Å²) in [4.78, 5) is 26.5. The number of halogens is 1. The average molecular weight is 264 g/mol. The number of H-pyrrole nitrogens is 2. The van der Waals surface area contributed by atoms with E-state index in [1.165, 1.54) is 12.1 Å². The number of nitrogens with one attached hydrogen (secondary N) is 2. The zero-order valence-corrected chi connectivity index (χ0v) is 9.58. The van der Waals surface area contributed by atoms with Gasteiger partial charge in [-0.25, -0.2) is 5.10 Å². The van der Waals surface area contributed by atoms with E-state index in [1.807, 2.05) is 0 Å². The van der Waals surface area contributed by atoms with Gasteiger partial charge in [-0.15, -0.1) is 5.10 Å². The predicted molar refractivity (Wildman–Crippen MR) is 67.2 cm³/mol. The van der Waals surface area contributed by atoms with Gasteiger partial charge in [-0.05, 0) is 18.2 Å². The molecule has 2 heterocycles. The van der Waals surface area contributed by atoms with E-state index in [1.54, 1.807) is 6.07 Å². The number of aromatic amines is 2. The van der Waals surface area contributed by atoms with Crippen LogP contribution in [0.4, 0.5) is 0 Å². The van der Waals surface area contributed by atoms with Crippen molar-refractivity contribution in [3.8, 4) is 5.88 Å². The van der Waals surface area contributed by atoms with Gasteiger partial charge in [0.15, 0.2) is 0 Å². The Morgan fingerprint density at radius 1 is 1.28 bits per heavy atom. The molecule has 6 nitrogen and oxygen atoms in total. The number of nitrogens with zero attached hydrogens (tertiary/aromatic N) is 1. The second-order valence-corrected chi connectivity index (χ2v) is 4.21. The van der Waals surface area contributed by atoms with Crippen molar-refractivity contribution in [2.24, 2.45) is 0 Å². The fourth-order valence-corrected chi connectivity index (χ4v) is 2.03. The minimum atomic E-state index is -0.582. The molecular formula is C11H6ClN3O3. The van der Waals surface area contributed by atoms with Crippen LogP contribution in [0.15, 0.2) is 27.8 Å². The molecule has 1 aromatic carbocycles. The van der Waals surface area contributed by atoms with Gasteiger partial charge in [0.05, 0.1) is 5.52 Å². The molecule has 0 bridgehead atoms. The lowest BCUT2D eigenvalue weighted by Crippen LogP contribution is -2.15. The van der Waals surface area contributed by atoms with Crippen LogP contribution < -0.4 is 11.0 Å². The van der Waals surface area contributed by atoms with E-state index >= 15 is 0 Å². The molecule has 3 aromatic rings. The van der Waals surface area contributed by atoms with Crippen molar-refractivity contribution in [2.45, 2.75) is 0 Å². The van der Waals surface area contributed by atoms with Crippen LogP contribution >= 0.6 is 11.6 Å². The number of rotatable bonds is 0. The van der Waals surface area contributed by atoms with E-state index in [0.29, 0.717) is 15.9 Å². The fraction of sp³-hybridized carbons (Fsp3) is 0. The zero-order chi connectivity index (χ0) is 12.9. The standard InChI is InChI=1S/C11H6ClN3O3/c12-4-1-2-5-6(3-4)13-8-7(9(5)16)10(17)14-15-11(8)18/h1-3H,(H,13,16)(H,14,17)(H,15,18). The van der Waals surface area contributed by atoms with Crippen molar-refractivity contribution < 1.29 is 5.11 Å². The third-order valence-corrected chi connectivity index (χ3v) is 2.91. The van der Waals surface area contributed by atoms with Crippen LogP contribution in [0.3, 0.4) is 0 Å². The summed E-state index contributed by atoms with van der Waals surface area (Å²) in [6.45, 7) is 0. The van der Waals surface area contributed by atoms with Crippen molar-refractivity contribution in [3.63, 3.8) is 0 Å². The SMILES string of the molecule is O=c1[nH]nc(O)c2c(=O)c3ccc(Cl)cc3[nH]c12. The summed E-state index contributed by atoms with van der Waals surface area (Å²) in [5, 5.41) is 15.7. The molecule has 3 rings (SSSR count). The normalized spacial score (nSPS) is 11.2. The maximum atomic E-state index is 12.2. The van der Waals surface area contributed by atoms with Gasteiger partial charge < -0.3 is 10.1 Å². The Hall–Kier alpha value is -2.34. The second kappa shape index (κ2) is 3.58. The Morgan fingerprint density at radius 2 is 2.06 bits per heavy atom. The first-order chi connectivity index (χ1) is 8.58. The molecule has 0 aliphatic heterocycles. The highest BCUT2D eigenvalue weighted by Gasteiger charge is 2.13. The topological polar surface area (TPSA) is 98.8 Å². The van der Waals surface area contributed by atoms with Crippen molar-refractivity contribution in [1.29, 1.82) is 0 Å². The molecule has 0 spiro atoms. The number of hydrogen-bond acceptors (Lipinski definition) is 4. The predicted octanol–water partition coefficient (Wildman–Crippen LogP) is 1.12. The third-order valence-electron chi connectivity index (χ3n) is 2.68. The summed E-state index contributed by atoms with van der Waals surface area (Å²) in [6, 6.07) is 4.62. The Morgan fingerprint density at radius 3 is 2.83 bits per heavy atom. The van der Waals surface area contributed by atoms with Crippen molar-refractivity contribution in [1.82, 2.24) is 15.2 Å². The van der Waals surface area contributed by atoms with E-state index in [-0.39, 0.29) is 10.9 Å². The molecule has 0 saturated carbocycles. The number of fused-ring (bicyclic) bond motifs is 2. The maximum absolute atomic E-state index is 12.2. The summed E-state index contributed by atoms with van der Waals surface area (Å²) in [5.41, 5.74) is -0.647. The highest BCUT2D eigenvalue weighted by molar-refractivity contribution is 6.31. The third kappa shape index (κ3) is 1.39. The summed E-state index contributed by atoms with van der Waals surface area (Å²) in [7, 11) is 0. The van der Waals surface area contributed by atoms with Gasteiger partial charge in [0.25, 0.3) is 5.56 Å². The molecule has 90 valence electrons. The molecular weight excluding hydrogens is 258 g/mol. The number of hydrogen-bond donors (Lipinski definition) is 3. The summed E-state index contributed by atoms with van der Waals surface area (Å²) in [6.07, 6.45) is 0. The average Bonchev–Trinajstić information content (AvgIpc) is 2.33. The monoisotopic (exact) mass is 263 g/mol. The first-order valence-electron chi connectivity index (χ1n) is 5.01. The Kier molecular flexibility index (Phi) is 2.14. The van der Waals surface area contributed by atoms with Gasteiger partial charge in [-0.1, -0.05) is 11.6 Å². The molecule has 0 unspecified atom stereocenters. The van der Waals surface area contributed by atoms with Gasteiger partial charge in [0.1, 0.15) is 10.9 Å². The largest absolute Gasteiger partial charge is 0.492 e. The van der Waals surface area contributed by atoms with Crippen LogP contribution in [0.2, 0.25) is 5.02 Å². The van der Waals surface area contributed by atoms with Gasteiger partial charge in [-0.3, -0.25) is 9.59 Å². The van der Waals surface area contributed by atoms with Crippen LogP contribution in [0.5, 0.6) is 5.88 Å². The zero-order valence-electron chi connectivity index (χ0n) is 8.82. The summed E-state index contributed by atoms with van der Waals surface area (Å²) in [5.74, 6) is -0.511. The van der Waals surface area contributed by atoms with Gasteiger partial charge >= 0.3 is 0 Å². The molecule has 0 aliphatic carbocycles. The lowest BCUT2D eigenvalue weighted by Gasteiger charge is -2.02. The molecule has 0 amide bonds. The molecule has 18 heavy (non-hydrogen) atoms. The van der Waals surface area contributed by atoms with E-state index in [0.717, 1.165) is 0 Å². The number of aromatic nitrogens is 3. The number of aromatic hydroxyl groups is 1. The van der Waals surface area contributed by atoms with Crippen LogP contribution in [0.25, 0.3) is 21.8 Å². The van der Waals surface area contributed by atoms with Crippen molar-refractivity contribution in [2.75, 3.05) is 0 Å². The van der Waals surface area contributed by atoms with E-state index in [4.69, 9.17) is 11.6 Å². The quantitative estimate of drug-likeness (QED) is 0.529. The molecule has 7 heteroatoms. The van der Waals surface area contributed by atoms with Crippen LogP contribution in [0.1, 0.15) is 0 Å². The molecule has 0 saturated heterocycles. The first kappa shape index (κ1) is 10.8. The summed E-state index contributed by atoms with van der Waals surface area (Å²) < 4.78 is 0. The second-order valence-electron chi connectivity index (χ2n) is 3.77. The molecule has 0 radical (unpaired) electrons. The minimum Gasteiger partial charge on any atom is -0.492 e. The highest BCUT2D eigenvalue weighted by atomic mass is 35.5. The van der Waals surface area contributed by atoms with Crippen molar-refractivity contribution in [3.05, 3.63) is 43.8 Å². The molecule has 0 aliphatic rings. The minimum absolute atomic E-state index is 0.0257. The van der Waals surface area contributed by atoms with E-state index < -0.39 is 16.9 Å². The molecule has 0 atom stereocenters. The van der Waals surface area contributed by atoms with Crippen LogP contribution in [-0.4, -0.2) is 20.3 Å². The fourth-order valence-electron chi connectivity index (χ4n) is 1.86. The smallest absolute Gasteiger partial charge is 0.288 e.